The summed E-state index contributed by atoms with van der Waals surface area (Å²) >= 11 is 0. The monoisotopic (exact) mass is 445 g/mol. The summed E-state index contributed by atoms with van der Waals surface area (Å²) in [5, 5.41) is 0. The Labute approximate surface area is 162 Å². The number of nitrogens with zero attached hydrogens (tertiary/aromatic N) is 3. The molecule has 0 fully saturated rings. The van der Waals surface area contributed by atoms with E-state index in [1.807, 2.05) is 0 Å². The minimum atomic E-state index is -5.30. The number of benzene rings is 1. The number of halogens is 9. The van der Waals surface area contributed by atoms with Crippen molar-refractivity contribution in [1.82, 2.24) is 9.13 Å². The predicted molar refractivity (Wildman–Crippen MR) is 86.5 cm³/mol. The van der Waals surface area contributed by atoms with E-state index in [1.54, 1.807) is 0 Å². The van der Waals surface area contributed by atoms with Crippen molar-refractivity contribution in [2.24, 2.45) is 12.0 Å². The molecule has 2 aromatic rings. The predicted octanol–water partition coefficient (Wildman–Crippen LogP) is 4.66. The van der Waals surface area contributed by atoms with E-state index in [0.717, 1.165) is 13.1 Å². The van der Waals surface area contributed by atoms with Crippen LogP contribution in [0.5, 0.6) is 0 Å². The Kier molecular flexibility index (Phi) is 5.97. The van der Waals surface area contributed by atoms with E-state index in [9.17, 15) is 44.3 Å². The summed E-state index contributed by atoms with van der Waals surface area (Å²) in [4.78, 5) is 15.6. The number of hydrogen-bond acceptors (Lipinski definition) is 2. The lowest BCUT2D eigenvalue weighted by atomic mass is 10.1. The summed E-state index contributed by atoms with van der Waals surface area (Å²) in [6.07, 6.45) is -14.3. The standard InChI is InChI=1S/C17H12F9N3O/c1-3-6-29-13(30)8-12(17(24,25)26)28(2)14(29)27-11-5-4-9(15(18,19)20)7-10(11)16(21,22)23/h3-5,7-8H,1,6H2,2H3. The number of hydrogen-bond donors (Lipinski definition) is 0. The quantitative estimate of drug-likeness (QED) is 0.501. The first-order chi connectivity index (χ1) is 13.6. The Morgan fingerprint density at radius 1 is 0.967 bits per heavy atom. The van der Waals surface area contributed by atoms with Gasteiger partial charge >= 0.3 is 18.5 Å². The zero-order chi connectivity index (χ0) is 23.1. The lowest BCUT2D eigenvalue weighted by Gasteiger charge is -2.17. The second-order valence-corrected chi connectivity index (χ2v) is 5.96. The lowest BCUT2D eigenvalue weighted by Crippen LogP contribution is -2.42. The molecule has 0 amide bonds. The van der Waals surface area contributed by atoms with E-state index in [2.05, 4.69) is 11.6 Å². The van der Waals surface area contributed by atoms with Crippen LogP contribution in [0.1, 0.15) is 16.8 Å². The van der Waals surface area contributed by atoms with E-state index < -0.39 is 58.8 Å². The molecule has 0 aliphatic carbocycles. The Balaban J connectivity index is 2.97. The van der Waals surface area contributed by atoms with Gasteiger partial charge in [0.15, 0.2) is 0 Å². The largest absolute Gasteiger partial charge is 0.431 e. The van der Waals surface area contributed by atoms with Gasteiger partial charge in [0.2, 0.25) is 5.62 Å². The first-order valence-corrected chi connectivity index (χ1v) is 7.89. The fourth-order valence-electron chi connectivity index (χ4n) is 2.53. The molecule has 13 heteroatoms. The molecule has 0 N–H and O–H groups in total. The molecule has 2 rings (SSSR count). The van der Waals surface area contributed by atoms with Crippen molar-refractivity contribution in [3.63, 3.8) is 0 Å². The topological polar surface area (TPSA) is 39.3 Å². The second-order valence-electron chi connectivity index (χ2n) is 5.96. The van der Waals surface area contributed by atoms with E-state index in [4.69, 9.17) is 0 Å². The molecular weight excluding hydrogens is 433 g/mol. The SMILES string of the molecule is C=CCn1c(=O)cc(C(F)(F)F)n(C)c1=Nc1ccc(C(F)(F)F)cc1C(F)(F)F. The van der Waals surface area contributed by atoms with Gasteiger partial charge in [-0.2, -0.15) is 39.5 Å². The van der Waals surface area contributed by atoms with Crippen LogP contribution >= 0.6 is 0 Å². The van der Waals surface area contributed by atoms with E-state index >= 15 is 0 Å². The zero-order valence-electron chi connectivity index (χ0n) is 15.0. The van der Waals surface area contributed by atoms with Crippen molar-refractivity contribution in [3.05, 3.63) is 69.7 Å². The molecule has 0 saturated carbocycles. The average Bonchev–Trinajstić information content (AvgIpc) is 2.58. The molecule has 1 aromatic heterocycles. The van der Waals surface area contributed by atoms with Crippen LogP contribution in [0.15, 0.2) is 46.7 Å². The van der Waals surface area contributed by atoms with Gasteiger partial charge in [-0.15, -0.1) is 6.58 Å². The molecular formula is C17H12F9N3O. The van der Waals surface area contributed by atoms with Gasteiger partial charge in [0.25, 0.3) is 5.56 Å². The summed E-state index contributed by atoms with van der Waals surface area (Å²) in [7, 11) is 0.804. The van der Waals surface area contributed by atoms with Crippen LogP contribution < -0.4 is 11.2 Å². The molecule has 0 radical (unpaired) electrons. The molecule has 0 spiro atoms. The molecule has 1 aromatic carbocycles. The maximum atomic E-state index is 13.3. The molecule has 30 heavy (non-hydrogen) atoms. The third-order valence-electron chi connectivity index (χ3n) is 3.88. The number of rotatable bonds is 3. The number of alkyl halides is 9. The van der Waals surface area contributed by atoms with Crippen LogP contribution in [0.4, 0.5) is 45.2 Å². The van der Waals surface area contributed by atoms with Crippen molar-refractivity contribution in [1.29, 1.82) is 0 Å². The lowest BCUT2D eigenvalue weighted by molar-refractivity contribution is -0.145. The van der Waals surface area contributed by atoms with Gasteiger partial charge in [-0.3, -0.25) is 9.36 Å². The van der Waals surface area contributed by atoms with Gasteiger partial charge < -0.3 is 4.57 Å². The Bertz CT molecular complexity index is 1090. The molecule has 0 saturated heterocycles. The van der Waals surface area contributed by atoms with Gasteiger partial charge in [-0.25, -0.2) is 4.99 Å². The van der Waals surface area contributed by atoms with Crippen LogP contribution in [-0.4, -0.2) is 9.13 Å². The zero-order valence-corrected chi connectivity index (χ0v) is 15.0. The number of allylic oxidation sites excluding steroid dienone is 1. The maximum Gasteiger partial charge on any atom is 0.431 e. The third kappa shape index (κ3) is 4.76. The second kappa shape index (κ2) is 7.69. The van der Waals surface area contributed by atoms with Gasteiger partial charge in [0.05, 0.1) is 16.8 Å². The molecule has 0 bridgehead atoms. The van der Waals surface area contributed by atoms with Gasteiger partial charge in [0.1, 0.15) is 5.69 Å². The smallest absolute Gasteiger partial charge is 0.310 e. The average molecular weight is 445 g/mol. The van der Waals surface area contributed by atoms with Crippen molar-refractivity contribution >= 4 is 5.69 Å². The Hall–Kier alpha value is -2.99. The highest BCUT2D eigenvalue weighted by molar-refractivity contribution is 5.50. The Morgan fingerprint density at radius 2 is 1.57 bits per heavy atom. The van der Waals surface area contributed by atoms with Crippen molar-refractivity contribution in [2.75, 3.05) is 0 Å². The normalized spacial score (nSPS) is 13.6. The van der Waals surface area contributed by atoms with Gasteiger partial charge in [-0.1, -0.05) is 6.08 Å². The van der Waals surface area contributed by atoms with Gasteiger partial charge in [-0.05, 0) is 18.2 Å². The molecule has 1 heterocycles. The first kappa shape index (κ1) is 23.3. The highest BCUT2D eigenvalue weighted by Gasteiger charge is 2.39. The van der Waals surface area contributed by atoms with Crippen LogP contribution in [0.25, 0.3) is 0 Å². The van der Waals surface area contributed by atoms with Crippen LogP contribution in [0.2, 0.25) is 0 Å². The fraction of sp³-hybridized carbons (Fsp3) is 0.294. The van der Waals surface area contributed by atoms with E-state index in [1.165, 1.54) is 0 Å². The molecule has 164 valence electrons. The fourth-order valence-corrected chi connectivity index (χ4v) is 2.53. The molecule has 0 atom stereocenters. The van der Waals surface area contributed by atoms with Crippen molar-refractivity contribution < 1.29 is 39.5 Å². The minimum Gasteiger partial charge on any atom is -0.310 e. The van der Waals surface area contributed by atoms with E-state index in [-0.39, 0.29) is 12.1 Å². The summed E-state index contributed by atoms with van der Waals surface area (Å²) in [5.74, 6) is 0. The third-order valence-corrected chi connectivity index (χ3v) is 3.88. The summed E-state index contributed by atoms with van der Waals surface area (Å²) < 4.78 is 119. The van der Waals surface area contributed by atoms with Gasteiger partial charge in [0, 0.05) is 19.7 Å². The van der Waals surface area contributed by atoms with Crippen molar-refractivity contribution in [2.45, 2.75) is 25.1 Å². The highest BCUT2D eigenvalue weighted by atomic mass is 19.4. The summed E-state index contributed by atoms with van der Waals surface area (Å²) in [6.45, 7) is 2.89. The molecule has 4 nitrogen and oxygen atoms in total. The molecule has 0 aliphatic rings. The Morgan fingerprint density at radius 3 is 2.03 bits per heavy atom. The van der Waals surface area contributed by atoms with Crippen molar-refractivity contribution in [3.8, 4) is 0 Å². The van der Waals surface area contributed by atoms with Crippen LogP contribution in [0, 0.1) is 0 Å². The van der Waals surface area contributed by atoms with Crippen LogP contribution in [-0.2, 0) is 32.1 Å². The molecule has 0 aliphatic heterocycles. The van der Waals surface area contributed by atoms with Crippen LogP contribution in [0.3, 0.4) is 0 Å². The summed E-state index contributed by atoms with van der Waals surface area (Å²) in [5.41, 5.74) is -8.15. The first-order valence-electron chi connectivity index (χ1n) is 7.89. The summed E-state index contributed by atoms with van der Waals surface area (Å²) in [6, 6.07) is 0.689. The molecule has 0 unspecified atom stereocenters. The maximum absolute atomic E-state index is 13.3. The van der Waals surface area contributed by atoms with E-state index in [0.29, 0.717) is 21.3 Å². The highest BCUT2D eigenvalue weighted by Crippen LogP contribution is 2.40. The number of aromatic nitrogens is 2. The minimum absolute atomic E-state index is 0.206.